The van der Waals surface area contributed by atoms with Crippen molar-refractivity contribution < 1.29 is 4.79 Å². The van der Waals surface area contributed by atoms with E-state index in [4.69, 9.17) is 4.98 Å². The van der Waals surface area contributed by atoms with Crippen molar-refractivity contribution in [3.63, 3.8) is 0 Å². The predicted octanol–water partition coefficient (Wildman–Crippen LogP) is 4.23. The summed E-state index contributed by atoms with van der Waals surface area (Å²) in [7, 11) is 0. The fraction of sp³-hybridized carbons (Fsp3) is 0.273. The van der Waals surface area contributed by atoms with E-state index in [2.05, 4.69) is 32.6 Å². The van der Waals surface area contributed by atoms with E-state index >= 15 is 0 Å². The van der Waals surface area contributed by atoms with Crippen LogP contribution in [-0.4, -0.2) is 44.2 Å². The van der Waals surface area contributed by atoms with Gasteiger partial charge in [0.25, 0.3) is 0 Å². The molecule has 0 aliphatic carbocycles. The molecule has 1 fully saturated rings. The predicted molar refractivity (Wildman–Crippen MR) is 113 cm³/mol. The van der Waals surface area contributed by atoms with E-state index in [-0.39, 0.29) is 6.03 Å². The number of rotatable bonds is 2. The Balaban J connectivity index is 1.25. The van der Waals surface area contributed by atoms with Gasteiger partial charge in [-0.3, -0.25) is 5.10 Å². The number of nitrogens with zero attached hydrogens (tertiary/aromatic N) is 4. The van der Waals surface area contributed by atoms with Crippen molar-refractivity contribution in [3.05, 3.63) is 60.0 Å². The van der Waals surface area contributed by atoms with E-state index in [0.717, 1.165) is 51.7 Å². The molecule has 2 amide bonds. The van der Waals surface area contributed by atoms with Crippen LogP contribution in [0, 0.1) is 6.92 Å². The highest BCUT2D eigenvalue weighted by Gasteiger charge is 2.25. The third-order valence-corrected chi connectivity index (χ3v) is 5.70. The molecule has 0 atom stereocenters. The first kappa shape index (κ1) is 17.6. The van der Waals surface area contributed by atoms with E-state index < -0.39 is 0 Å². The second kappa shape index (κ2) is 7.16. The minimum atomic E-state index is -0.0603. The lowest BCUT2D eigenvalue weighted by Crippen LogP contribution is -2.40. The molecule has 146 valence electrons. The molecule has 29 heavy (non-hydrogen) atoms. The molecule has 1 aliphatic heterocycles. The lowest BCUT2D eigenvalue weighted by atomic mass is 9.93. The Bertz CT molecular complexity index is 1190. The Morgan fingerprint density at radius 1 is 1.21 bits per heavy atom. The molecule has 4 heterocycles. The van der Waals surface area contributed by atoms with Gasteiger partial charge in [0.1, 0.15) is 0 Å². The maximum Gasteiger partial charge on any atom is 0.321 e. The fourth-order valence-electron chi connectivity index (χ4n) is 4.08. The van der Waals surface area contributed by atoms with Gasteiger partial charge < -0.3 is 10.2 Å². The molecule has 7 heteroatoms. The monoisotopic (exact) mass is 386 g/mol. The zero-order valence-electron chi connectivity index (χ0n) is 16.2. The number of hydrogen-bond donors (Lipinski definition) is 2. The minimum absolute atomic E-state index is 0.0603. The third-order valence-electron chi connectivity index (χ3n) is 5.70. The summed E-state index contributed by atoms with van der Waals surface area (Å²) in [5, 5.41) is 12.2. The number of urea groups is 1. The number of carbonyl (C=O) groups excluding carboxylic acids is 1. The average Bonchev–Trinajstić information content (AvgIpc) is 3.23. The molecule has 1 saturated heterocycles. The molecule has 5 rings (SSSR count). The summed E-state index contributed by atoms with van der Waals surface area (Å²) in [6.45, 7) is 3.44. The Morgan fingerprint density at radius 2 is 2.07 bits per heavy atom. The molecule has 0 radical (unpaired) electrons. The molecule has 7 nitrogen and oxygen atoms in total. The number of H-pyrrole nitrogens is 1. The standard InChI is InChI=1S/C22H22N6O/c1-14-11-17(12-20-18(14)13-24-27-20)25-22(29)28-9-6-15(7-10-28)19-5-4-16-3-2-8-23-21(16)26-19/h2-5,8,11-13,15H,6-7,9-10H2,1H3,(H,24,27)(H,25,29). The summed E-state index contributed by atoms with van der Waals surface area (Å²) >= 11 is 0. The molecule has 2 N–H and O–H groups in total. The maximum atomic E-state index is 12.7. The second-order valence-electron chi connectivity index (χ2n) is 7.60. The number of hydrogen-bond acceptors (Lipinski definition) is 4. The number of amides is 2. The summed E-state index contributed by atoms with van der Waals surface area (Å²) in [6, 6.07) is 12.0. The number of aromatic amines is 1. The number of anilines is 1. The molecule has 3 aromatic heterocycles. The zero-order valence-corrected chi connectivity index (χ0v) is 16.2. The zero-order chi connectivity index (χ0) is 19.8. The van der Waals surface area contributed by atoms with Gasteiger partial charge in [0.15, 0.2) is 5.65 Å². The molecule has 0 bridgehead atoms. The summed E-state index contributed by atoms with van der Waals surface area (Å²) in [5.74, 6) is 0.356. The summed E-state index contributed by atoms with van der Waals surface area (Å²) in [4.78, 5) is 23.7. The smallest absolute Gasteiger partial charge is 0.321 e. The van der Waals surface area contributed by atoms with Crippen molar-refractivity contribution in [1.82, 2.24) is 25.1 Å². The van der Waals surface area contributed by atoms with Crippen LogP contribution in [0.4, 0.5) is 10.5 Å². The number of aromatic nitrogens is 4. The Kier molecular flexibility index (Phi) is 4.35. The van der Waals surface area contributed by atoms with Gasteiger partial charge in [0.05, 0.1) is 11.7 Å². The summed E-state index contributed by atoms with van der Waals surface area (Å²) in [5.41, 5.74) is 4.65. The van der Waals surface area contributed by atoms with Crippen molar-refractivity contribution in [3.8, 4) is 0 Å². The number of aryl methyl sites for hydroxylation is 1. The summed E-state index contributed by atoms with van der Waals surface area (Å²) < 4.78 is 0. The van der Waals surface area contributed by atoms with Crippen molar-refractivity contribution in [1.29, 1.82) is 0 Å². The minimum Gasteiger partial charge on any atom is -0.324 e. The van der Waals surface area contributed by atoms with Gasteiger partial charge >= 0.3 is 6.03 Å². The molecule has 0 unspecified atom stereocenters. The lowest BCUT2D eigenvalue weighted by molar-refractivity contribution is 0.194. The Hall–Kier alpha value is -3.48. The second-order valence-corrected chi connectivity index (χ2v) is 7.60. The SMILES string of the molecule is Cc1cc(NC(=O)N2CCC(c3ccc4cccnc4n3)CC2)cc2[nH]ncc12. The van der Waals surface area contributed by atoms with E-state index in [9.17, 15) is 4.79 Å². The van der Waals surface area contributed by atoms with Crippen molar-refractivity contribution in [2.75, 3.05) is 18.4 Å². The fourth-order valence-corrected chi connectivity index (χ4v) is 4.08. The Labute approximate surface area is 168 Å². The van der Waals surface area contributed by atoms with Crippen molar-refractivity contribution in [2.24, 2.45) is 0 Å². The van der Waals surface area contributed by atoms with E-state index in [1.807, 2.05) is 36.1 Å². The normalized spacial score (nSPS) is 15.1. The number of nitrogens with one attached hydrogen (secondary N) is 2. The van der Waals surface area contributed by atoms with Crippen LogP contribution in [0.5, 0.6) is 0 Å². The number of likely N-dealkylation sites (tertiary alicyclic amines) is 1. The quantitative estimate of drug-likeness (QED) is 0.540. The highest BCUT2D eigenvalue weighted by atomic mass is 16.2. The van der Waals surface area contributed by atoms with Crippen LogP contribution >= 0.6 is 0 Å². The topological polar surface area (TPSA) is 86.8 Å². The first-order valence-electron chi connectivity index (χ1n) is 9.89. The molecule has 4 aromatic rings. The number of fused-ring (bicyclic) bond motifs is 2. The lowest BCUT2D eigenvalue weighted by Gasteiger charge is -2.31. The van der Waals surface area contributed by atoms with Crippen LogP contribution in [0.15, 0.2) is 48.8 Å². The number of pyridine rings is 2. The number of carbonyl (C=O) groups is 1. The molecule has 1 aromatic carbocycles. The third kappa shape index (κ3) is 3.40. The van der Waals surface area contributed by atoms with Gasteiger partial charge in [-0.1, -0.05) is 0 Å². The van der Waals surface area contributed by atoms with Crippen LogP contribution < -0.4 is 5.32 Å². The van der Waals surface area contributed by atoms with E-state index in [1.54, 1.807) is 12.4 Å². The average molecular weight is 386 g/mol. The number of piperidine rings is 1. The molecular formula is C22H22N6O. The van der Waals surface area contributed by atoms with Crippen LogP contribution in [-0.2, 0) is 0 Å². The van der Waals surface area contributed by atoms with Crippen LogP contribution in [0.3, 0.4) is 0 Å². The Morgan fingerprint density at radius 3 is 2.93 bits per heavy atom. The maximum absolute atomic E-state index is 12.7. The van der Waals surface area contributed by atoms with Crippen LogP contribution in [0.25, 0.3) is 21.9 Å². The highest BCUT2D eigenvalue weighted by molar-refractivity contribution is 5.93. The molecule has 1 aliphatic rings. The van der Waals surface area contributed by atoms with Gasteiger partial charge in [0.2, 0.25) is 0 Å². The van der Waals surface area contributed by atoms with Crippen molar-refractivity contribution >= 4 is 33.7 Å². The van der Waals surface area contributed by atoms with Gasteiger partial charge in [-0.15, -0.1) is 0 Å². The number of benzene rings is 1. The van der Waals surface area contributed by atoms with E-state index in [0.29, 0.717) is 19.0 Å². The summed E-state index contributed by atoms with van der Waals surface area (Å²) in [6.07, 6.45) is 5.38. The molecule has 0 saturated carbocycles. The van der Waals surface area contributed by atoms with Crippen LogP contribution in [0.1, 0.15) is 30.0 Å². The first-order chi connectivity index (χ1) is 14.2. The van der Waals surface area contributed by atoms with Gasteiger partial charge in [-0.25, -0.2) is 14.8 Å². The largest absolute Gasteiger partial charge is 0.324 e. The first-order valence-corrected chi connectivity index (χ1v) is 9.89. The van der Waals surface area contributed by atoms with Gasteiger partial charge in [-0.2, -0.15) is 5.10 Å². The molecular weight excluding hydrogens is 364 g/mol. The highest BCUT2D eigenvalue weighted by Crippen LogP contribution is 2.28. The van der Waals surface area contributed by atoms with E-state index in [1.165, 1.54) is 0 Å². The van der Waals surface area contributed by atoms with Crippen LogP contribution in [0.2, 0.25) is 0 Å². The van der Waals surface area contributed by atoms with Gasteiger partial charge in [0, 0.05) is 47.4 Å². The molecule has 0 spiro atoms. The van der Waals surface area contributed by atoms with Crippen molar-refractivity contribution in [2.45, 2.75) is 25.7 Å². The van der Waals surface area contributed by atoms with Gasteiger partial charge in [-0.05, 0) is 61.7 Å².